The van der Waals surface area contributed by atoms with E-state index in [-0.39, 0.29) is 37.4 Å². The molecule has 5 rings (SSSR count). The molecular weight excluding hydrogens is 465 g/mol. The van der Waals surface area contributed by atoms with Gasteiger partial charge in [-0.15, -0.1) is 0 Å². The molecule has 2 aromatic rings. The van der Waals surface area contributed by atoms with Crippen LogP contribution >= 0.6 is 0 Å². The van der Waals surface area contributed by atoms with Gasteiger partial charge >= 0.3 is 16.2 Å². The monoisotopic (exact) mass is 486 g/mol. The number of carbonyl (C=O) groups is 1. The Morgan fingerprint density at radius 2 is 1.94 bits per heavy atom. The molecule has 2 atom stereocenters. The summed E-state index contributed by atoms with van der Waals surface area (Å²) in [4.78, 5) is 14.3. The summed E-state index contributed by atoms with van der Waals surface area (Å²) in [6, 6.07) is 0.0620. The number of hydrogen-bond acceptors (Lipinski definition) is 5. The lowest BCUT2D eigenvalue weighted by atomic mass is 10.2. The van der Waals surface area contributed by atoms with Crippen LogP contribution in [0.1, 0.15) is 12.6 Å². The van der Waals surface area contributed by atoms with E-state index >= 15 is 0 Å². The fraction of sp³-hybridized carbons (Fsp3) is 0.474. The molecule has 1 N–H and O–H groups in total. The number of fused-ring (bicyclic) bond motifs is 2. The van der Waals surface area contributed by atoms with Gasteiger partial charge in [-0.3, -0.25) is 8.99 Å². The smallest absolute Gasteiger partial charge is 0.322 e. The van der Waals surface area contributed by atoms with Crippen molar-refractivity contribution < 1.29 is 31.1 Å². The van der Waals surface area contributed by atoms with Gasteiger partial charge in [-0.25, -0.2) is 18.0 Å². The molecule has 0 saturated carbocycles. The second-order valence-corrected chi connectivity index (χ2v) is 10.0. The van der Waals surface area contributed by atoms with E-state index in [0.717, 1.165) is 0 Å². The fourth-order valence-electron chi connectivity index (χ4n) is 4.41. The number of ether oxygens (including phenoxy) is 1. The molecule has 0 aliphatic carbocycles. The van der Waals surface area contributed by atoms with Gasteiger partial charge in [0.2, 0.25) is 0 Å². The number of rotatable bonds is 2. The summed E-state index contributed by atoms with van der Waals surface area (Å²) in [6.07, 6.45) is 1.46. The van der Waals surface area contributed by atoms with Crippen LogP contribution in [-0.4, -0.2) is 71.8 Å². The van der Waals surface area contributed by atoms with Crippen LogP contribution in [0.25, 0.3) is 0 Å². The zero-order valence-electron chi connectivity index (χ0n) is 17.5. The standard InChI is InChI=1S/C19H21F3N6O4S/c1-11-7-26-17(9-25(11)19(29)24-12-4-14(20)18(22)15(21)5-12)16(6-23-26)28-8-13-10-32-3-2-27(13)33(28,30)31/h4-6,11,13H,2-3,7-10H2,1H3,(H,24,29)/t11-,13?/m0/s1. The van der Waals surface area contributed by atoms with Gasteiger partial charge in [-0.1, -0.05) is 0 Å². The van der Waals surface area contributed by atoms with Crippen molar-refractivity contribution in [2.24, 2.45) is 0 Å². The molecule has 178 valence electrons. The second kappa shape index (κ2) is 7.88. The molecule has 3 aliphatic heterocycles. The van der Waals surface area contributed by atoms with Crippen molar-refractivity contribution in [2.75, 3.05) is 35.9 Å². The Morgan fingerprint density at radius 1 is 1.21 bits per heavy atom. The van der Waals surface area contributed by atoms with Gasteiger partial charge in [0.1, 0.15) is 0 Å². The summed E-state index contributed by atoms with van der Waals surface area (Å²) >= 11 is 0. The van der Waals surface area contributed by atoms with Crippen molar-refractivity contribution in [3.8, 4) is 0 Å². The Hall–Kier alpha value is -2.84. The normalized spacial score (nSPS) is 24.5. The lowest BCUT2D eigenvalue weighted by Gasteiger charge is -2.35. The quantitative estimate of drug-likeness (QED) is 0.649. The summed E-state index contributed by atoms with van der Waals surface area (Å²) in [6.45, 7) is 3.17. The van der Waals surface area contributed by atoms with E-state index < -0.39 is 33.7 Å². The number of benzene rings is 1. The van der Waals surface area contributed by atoms with Gasteiger partial charge in [0.25, 0.3) is 0 Å². The van der Waals surface area contributed by atoms with E-state index in [1.54, 1.807) is 11.6 Å². The summed E-state index contributed by atoms with van der Waals surface area (Å²) in [5.74, 6) is -4.46. The molecule has 0 radical (unpaired) electrons. The fourth-order valence-corrected chi connectivity index (χ4v) is 6.24. The van der Waals surface area contributed by atoms with E-state index in [2.05, 4.69) is 10.4 Å². The van der Waals surface area contributed by atoms with Gasteiger partial charge in [-0.05, 0) is 6.92 Å². The summed E-state index contributed by atoms with van der Waals surface area (Å²) in [5.41, 5.74) is 0.652. The maximum absolute atomic E-state index is 13.5. The van der Waals surface area contributed by atoms with Crippen LogP contribution in [0.4, 0.5) is 29.3 Å². The number of amides is 2. The Bertz CT molecular complexity index is 1200. The molecule has 3 aliphatic rings. The zero-order chi connectivity index (χ0) is 23.5. The average Bonchev–Trinajstić information content (AvgIpc) is 3.28. The van der Waals surface area contributed by atoms with E-state index in [1.165, 1.54) is 19.7 Å². The number of morpholine rings is 1. The number of hydrogen-bond donors (Lipinski definition) is 1. The summed E-state index contributed by atoms with van der Waals surface area (Å²) in [5, 5.41) is 6.68. The van der Waals surface area contributed by atoms with Crippen LogP contribution < -0.4 is 9.62 Å². The average molecular weight is 486 g/mol. The number of nitrogens with zero attached hydrogens (tertiary/aromatic N) is 5. The molecule has 2 amide bonds. The Labute approximate surface area is 187 Å². The van der Waals surface area contributed by atoms with Crippen LogP contribution in [0, 0.1) is 17.5 Å². The van der Waals surface area contributed by atoms with Crippen molar-refractivity contribution in [1.29, 1.82) is 0 Å². The zero-order valence-corrected chi connectivity index (χ0v) is 18.4. The first-order valence-corrected chi connectivity index (χ1v) is 11.7. The molecule has 2 saturated heterocycles. The Balaban J connectivity index is 1.40. The predicted octanol–water partition coefficient (Wildman–Crippen LogP) is 1.50. The highest BCUT2D eigenvalue weighted by Gasteiger charge is 2.47. The highest BCUT2D eigenvalue weighted by atomic mass is 32.2. The van der Waals surface area contributed by atoms with Crippen LogP contribution in [0.5, 0.6) is 0 Å². The minimum absolute atomic E-state index is 0.0156. The van der Waals surface area contributed by atoms with Gasteiger partial charge in [-0.2, -0.15) is 17.8 Å². The first-order chi connectivity index (χ1) is 15.7. The largest absolute Gasteiger partial charge is 0.378 e. The molecule has 10 nitrogen and oxygen atoms in total. The van der Waals surface area contributed by atoms with Gasteiger partial charge in [0.05, 0.1) is 62.5 Å². The maximum atomic E-state index is 13.5. The third-order valence-electron chi connectivity index (χ3n) is 6.11. The SMILES string of the molecule is C[C@H]1Cn2ncc(N3CC4COCCN4S3(=O)=O)c2CN1C(=O)Nc1cc(F)c(F)c(F)c1. The highest BCUT2D eigenvalue weighted by Crippen LogP contribution is 2.35. The lowest BCUT2D eigenvalue weighted by Crippen LogP contribution is -2.47. The van der Waals surface area contributed by atoms with E-state index in [9.17, 15) is 26.4 Å². The Kier molecular flexibility index (Phi) is 5.25. The molecule has 1 aromatic heterocycles. The van der Waals surface area contributed by atoms with Crippen molar-refractivity contribution in [3.05, 3.63) is 41.5 Å². The maximum Gasteiger partial charge on any atom is 0.322 e. The number of anilines is 2. The Morgan fingerprint density at radius 3 is 2.64 bits per heavy atom. The molecule has 33 heavy (non-hydrogen) atoms. The van der Waals surface area contributed by atoms with E-state index in [4.69, 9.17) is 4.74 Å². The molecule has 2 fully saturated rings. The van der Waals surface area contributed by atoms with Crippen LogP contribution in [0.3, 0.4) is 0 Å². The predicted molar refractivity (Wildman–Crippen MR) is 110 cm³/mol. The molecule has 0 spiro atoms. The topological polar surface area (TPSA) is 100 Å². The summed E-state index contributed by atoms with van der Waals surface area (Å²) < 4.78 is 76.2. The number of carbonyl (C=O) groups excluding carboxylic acids is 1. The van der Waals surface area contributed by atoms with E-state index in [0.29, 0.717) is 43.3 Å². The number of aromatic nitrogens is 2. The lowest BCUT2D eigenvalue weighted by molar-refractivity contribution is 0.0428. The molecule has 1 aromatic carbocycles. The number of urea groups is 1. The first kappa shape index (κ1) is 22.0. The molecule has 0 bridgehead atoms. The van der Waals surface area contributed by atoms with Crippen molar-refractivity contribution in [2.45, 2.75) is 32.1 Å². The second-order valence-electron chi connectivity index (χ2n) is 8.20. The minimum atomic E-state index is -3.76. The van der Waals surface area contributed by atoms with Crippen molar-refractivity contribution >= 4 is 27.6 Å². The molecule has 14 heteroatoms. The van der Waals surface area contributed by atoms with Gasteiger partial charge < -0.3 is 15.0 Å². The van der Waals surface area contributed by atoms with E-state index in [1.807, 2.05) is 0 Å². The first-order valence-electron chi connectivity index (χ1n) is 10.3. The molecule has 1 unspecified atom stereocenters. The van der Waals surface area contributed by atoms with Crippen molar-refractivity contribution in [3.63, 3.8) is 0 Å². The number of halogens is 3. The minimum Gasteiger partial charge on any atom is -0.378 e. The molecular formula is C19H21F3N6O4S. The summed E-state index contributed by atoms with van der Waals surface area (Å²) in [7, 11) is -3.76. The van der Waals surface area contributed by atoms with Crippen LogP contribution in [-0.2, 0) is 28.0 Å². The van der Waals surface area contributed by atoms with Gasteiger partial charge in [0, 0.05) is 24.4 Å². The van der Waals surface area contributed by atoms with Crippen LogP contribution in [0.15, 0.2) is 18.3 Å². The third-order valence-corrected chi connectivity index (χ3v) is 8.08. The van der Waals surface area contributed by atoms with Gasteiger partial charge in [0.15, 0.2) is 17.5 Å². The van der Waals surface area contributed by atoms with Crippen LogP contribution in [0.2, 0.25) is 0 Å². The molecule has 4 heterocycles. The van der Waals surface area contributed by atoms with Crippen molar-refractivity contribution in [1.82, 2.24) is 19.0 Å². The number of nitrogens with one attached hydrogen (secondary N) is 1. The third kappa shape index (κ3) is 3.61. The highest BCUT2D eigenvalue weighted by molar-refractivity contribution is 7.90.